The van der Waals surface area contributed by atoms with Gasteiger partial charge in [0.1, 0.15) is 0 Å². The van der Waals surface area contributed by atoms with E-state index >= 15 is 0 Å². The van der Waals surface area contributed by atoms with Gasteiger partial charge < -0.3 is 5.73 Å². The zero-order chi connectivity index (χ0) is 7.56. The van der Waals surface area contributed by atoms with Crippen LogP contribution in [-0.2, 0) is 0 Å². The van der Waals surface area contributed by atoms with Gasteiger partial charge in [0, 0.05) is 11.9 Å². The van der Waals surface area contributed by atoms with Crippen LogP contribution in [0.1, 0.15) is 16.3 Å². The zero-order valence-electron chi connectivity index (χ0n) is 5.94. The minimum Gasteiger partial charge on any atom is -0.363 e. The van der Waals surface area contributed by atoms with E-state index in [1.165, 1.54) is 6.20 Å². The minimum absolute atomic E-state index is 0. The van der Waals surface area contributed by atoms with Gasteiger partial charge in [-0.15, -0.1) is 12.4 Å². The zero-order valence-corrected chi connectivity index (χ0v) is 6.76. The summed E-state index contributed by atoms with van der Waals surface area (Å²) in [6.45, 7) is 1.77. The summed E-state index contributed by atoms with van der Waals surface area (Å²) in [6.07, 6.45) is 1.50. The number of hydrogen-bond donors (Lipinski definition) is 1. The second kappa shape index (κ2) is 3.88. The maximum atomic E-state index is 10.5. The number of primary amides is 1. The molecule has 0 aliphatic rings. The molecule has 0 saturated heterocycles. The Balaban J connectivity index is 0.000001000. The number of aromatic nitrogens is 2. The van der Waals surface area contributed by atoms with E-state index in [2.05, 4.69) is 9.97 Å². The molecule has 1 aromatic rings. The number of rotatable bonds is 1. The van der Waals surface area contributed by atoms with E-state index < -0.39 is 5.91 Å². The van der Waals surface area contributed by atoms with Gasteiger partial charge in [0.2, 0.25) is 5.82 Å². The molecule has 1 aromatic heterocycles. The molecule has 0 saturated carbocycles. The summed E-state index contributed by atoms with van der Waals surface area (Å²) >= 11 is 0. The molecule has 5 heteroatoms. The molecule has 1 heterocycles. The molecule has 0 aliphatic carbocycles. The molecule has 0 fully saturated rings. The molecular formula is C6H8ClN3O. The number of carbonyl (C=O) groups excluding carboxylic acids is 1. The predicted molar refractivity (Wildman–Crippen MR) is 42.5 cm³/mol. The maximum absolute atomic E-state index is 10.5. The first kappa shape index (κ1) is 9.84. The highest BCUT2D eigenvalue weighted by molar-refractivity contribution is 5.88. The quantitative estimate of drug-likeness (QED) is 0.665. The van der Waals surface area contributed by atoms with Crippen molar-refractivity contribution in [2.24, 2.45) is 5.73 Å². The van der Waals surface area contributed by atoms with E-state index in [1.54, 1.807) is 13.0 Å². The van der Waals surface area contributed by atoms with Gasteiger partial charge in [-0.05, 0) is 13.0 Å². The van der Waals surface area contributed by atoms with E-state index in [4.69, 9.17) is 5.73 Å². The van der Waals surface area contributed by atoms with Gasteiger partial charge in [0.15, 0.2) is 0 Å². The van der Waals surface area contributed by atoms with Gasteiger partial charge in [-0.3, -0.25) is 4.79 Å². The van der Waals surface area contributed by atoms with Crippen molar-refractivity contribution in [2.45, 2.75) is 6.92 Å². The van der Waals surface area contributed by atoms with Crippen LogP contribution in [0.2, 0.25) is 0 Å². The van der Waals surface area contributed by atoms with Crippen molar-refractivity contribution < 1.29 is 4.79 Å². The van der Waals surface area contributed by atoms with Crippen molar-refractivity contribution in [1.29, 1.82) is 0 Å². The van der Waals surface area contributed by atoms with Crippen LogP contribution >= 0.6 is 12.4 Å². The summed E-state index contributed by atoms with van der Waals surface area (Å²) in [6, 6.07) is 1.70. The van der Waals surface area contributed by atoms with Gasteiger partial charge in [0.05, 0.1) is 0 Å². The van der Waals surface area contributed by atoms with Crippen molar-refractivity contribution in [2.75, 3.05) is 0 Å². The third-order valence-corrected chi connectivity index (χ3v) is 1.02. The SMILES string of the molecule is Cc1ccnc(C(N)=O)n1.Cl. The van der Waals surface area contributed by atoms with Crippen LogP contribution in [0, 0.1) is 6.92 Å². The third-order valence-electron chi connectivity index (χ3n) is 1.02. The van der Waals surface area contributed by atoms with Crippen LogP contribution in [0.3, 0.4) is 0 Å². The van der Waals surface area contributed by atoms with Gasteiger partial charge in [0.25, 0.3) is 5.91 Å². The Kier molecular flexibility index (Phi) is 3.47. The molecule has 0 radical (unpaired) electrons. The number of amides is 1. The fourth-order valence-corrected chi connectivity index (χ4v) is 0.568. The van der Waals surface area contributed by atoms with Crippen LogP contribution in [0.25, 0.3) is 0 Å². The van der Waals surface area contributed by atoms with Crippen LogP contribution in [-0.4, -0.2) is 15.9 Å². The number of aryl methyl sites for hydroxylation is 1. The molecule has 0 bridgehead atoms. The highest BCUT2D eigenvalue weighted by atomic mass is 35.5. The van der Waals surface area contributed by atoms with Crippen LogP contribution in [0.5, 0.6) is 0 Å². The average Bonchev–Trinajstić information content (AvgIpc) is 1.88. The summed E-state index contributed by atoms with van der Waals surface area (Å²) < 4.78 is 0. The van der Waals surface area contributed by atoms with Crippen molar-refractivity contribution >= 4 is 18.3 Å². The summed E-state index contributed by atoms with van der Waals surface area (Å²) in [5.74, 6) is -0.524. The Hall–Kier alpha value is -1.16. The normalized spacial score (nSPS) is 8.45. The maximum Gasteiger partial charge on any atom is 0.286 e. The Morgan fingerprint density at radius 3 is 2.64 bits per heavy atom. The highest BCUT2D eigenvalue weighted by Crippen LogP contribution is 1.90. The summed E-state index contributed by atoms with van der Waals surface area (Å²) in [7, 11) is 0. The topological polar surface area (TPSA) is 68.9 Å². The van der Waals surface area contributed by atoms with Crippen LogP contribution in [0.15, 0.2) is 12.3 Å². The Morgan fingerprint density at radius 2 is 2.27 bits per heavy atom. The Morgan fingerprint density at radius 1 is 1.64 bits per heavy atom. The molecule has 0 aromatic carbocycles. The molecule has 0 unspecified atom stereocenters. The lowest BCUT2D eigenvalue weighted by molar-refractivity contribution is 0.0990. The summed E-state index contributed by atoms with van der Waals surface area (Å²) in [5.41, 5.74) is 5.66. The molecule has 2 N–H and O–H groups in total. The third kappa shape index (κ3) is 2.51. The first-order chi connectivity index (χ1) is 4.70. The number of hydrogen-bond acceptors (Lipinski definition) is 3. The second-order valence-corrected chi connectivity index (χ2v) is 1.89. The van der Waals surface area contributed by atoms with Crippen molar-refractivity contribution in [1.82, 2.24) is 9.97 Å². The van der Waals surface area contributed by atoms with Gasteiger partial charge >= 0.3 is 0 Å². The molecule has 0 spiro atoms. The fourth-order valence-electron chi connectivity index (χ4n) is 0.568. The lowest BCUT2D eigenvalue weighted by Gasteiger charge is -1.92. The van der Waals surface area contributed by atoms with E-state index in [1.807, 2.05) is 0 Å². The summed E-state index contributed by atoms with van der Waals surface area (Å²) in [4.78, 5) is 17.9. The molecule has 0 aliphatic heterocycles. The fraction of sp³-hybridized carbons (Fsp3) is 0.167. The number of nitrogens with two attached hydrogens (primary N) is 1. The van der Waals surface area contributed by atoms with E-state index in [0.717, 1.165) is 5.69 Å². The Labute approximate surface area is 70.3 Å². The van der Waals surface area contributed by atoms with Crippen molar-refractivity contribution in [3.05, 3.63) is 23.8 Å². The first-order valence-corrected chi connectivity index (χ1v) is 2.79. The van der Waals surface area contributed by atoms with Gasteiger partial charge in [-0.2, -0.15) is 0 Å². The highest BCUT2D eigenvalue weighted by Gasteiger charge is 2.01. The summed E-state index contributed by atoms with van der Waals surface area (Å²) in [5, 5.41) is 0. The van der Waals surface area contributed by atoms with E-state index in [-0.39, 0.29) is 18.2 Å². The van der Waals surface area contributed by atoms with E-state index in [0.29, 0.717) is 0 Å². The Bertz CT molecular complexity index is 264. The van der Waals surface area contributed by atoms with Crippen molar-refractivity contribution in [3.8, 4) is 0 Å². The van der Waals surface area contributed by atoms with Gasteiger partial charge in [-0.1, -0.05) is 0 Å². The number of halogens is 1. The first-order valence-electron chi connectivity index (χ1n) is 2.79. The molecule has 11 heavy (non-hydrogen) atoms. The molecule has 1 amide bonds. The number of carbonyl (C=O) groups is 1. The molecule has 4 nitrogen and oxygen atoms in total. The van der Waals surface area contributed by atoms with Crippen molar-refractivity contribution in [3.63, 3.8) is 0 Å². The average molecular weight is 174 g/mol. The standard InChI is InChI=1S/C6H7N3O.ClH/c1-4-2-3-8-6(9-4)5(7)10;/h2-3H,1H3,(H2,7,10);1H. The smallest absolute Gasteiger partial charge is 0.286 e. The number of nitrogens with zero attached hydrogens (tertiary/aromatic N) is 2. The molecule has 0 atom stereocenters. The minimum atomic E-state index is -0.594. The van der Waals surface area contributed by atoms with E-state index in [9.17, 15) is 4.79 Å². The molecular weight excluding hydrogens is 166 g/mol. The van der Waals surface area contributed by atoms with Crippen LogP contribution < -0.4 is 5.73 Å². The lowest BCUT2D eigenvalue weighted by atomic mass is 10.4. The lowest BCUT2D eigenvalue weighted by Crippen LogP contribution is -2.15. The molecule has 1 rings (SSSR count). The molecule has 60 valence electrons. The monoisotopic (exact) mass is 173 g/mol. The van der Waals surface area contributed by atoms with Gasteiger partial charge in [-0.25, -0.2) is 9.97 Å². The van der Waals surface area contributed by atoms with Crippen LogP contribution in [0.4, 0.5) is 0 Å². The largest absolute Gasteiger partial charge is 0.363 e. The predicted octanol–water partition coefficient (Wildman–Crippen LogP) is 0.306. The second-order valence-electron chi connectivity index (χ2n) is 1.89.